The van der Waals surface area contributed by atoms with E-state index in [9.17, 15) is 5.26 Å². The van der Waals surface area contributed by atoms with Crippen molar-refractivity contribution in [2.75, 3.05) is 14.2 Å². The number of hydrogen-bond acceptors (Lipinski definition) is 3. The molecular formula is C21H25NO2. The summed E-state index contributed by atoms with van der Waals surface area (Å²) in [5, 5.41) is 9.63. The van der Waals surface area contributed by atoms with Crippen molar-refractivity contribution in [3.63, 3.8) is 0 Å². The van der Waals surface area contributed by atoms with Gasteiger partial charge >= 0.3 is 0 Å². The summed E-state index contributed by atoms with van der Waals surface area (Å²) >= 11 is 0. The Bertz CT molecular complexity index is 719. The Morgan fingerprint density at radius 1 is 0.750 bits per heavy atom. The first-order valence-corrected chi connectivity index (χ1v) is 8.22. The Hall–Kier alpha value is -2.47. The Morgan fingerprint density at radius 3 is 1.50 bits per heavy atom. The Labute approximate surface area is 144 Å². The SMILES string of the molecule is COc1cc(OC)cc(-c2cc(C(C)C)c(C#N)c(C(C)C)c2)c1. The zero-order valence-corrected chi connectivity index (χ0v) is 15.3. The van der Waals surface area contributed by atoms with E-state index < -0.39 is 0 Å². The van der Waals surface area contributed by atoms with E-state index in [0.29, 0.717) is 0 Å². The van der Waals surface area contributed by atoms with Crippen LogP contribution in [0, 0.1) is 11.3 Å². The molecule has 0 atom stereocenters. The van der Waals surface area contributed by atoms with Crippen LogP contribution in [0.15, 0.2) is 30.3 Å². The highest BCUT2D eigenvalue weighted by Crippen LogP contribution is 2.36. The molecule has 0 amide bonds. The molecule has 0 bridgehead atoms. The molecule has 0 N–H and O–H groups in total. The van der Waals surface area contributed by atoms with Crippen molar-refractivity contribution in [2.24, 2.45) is 0 Å². The molecule has 0 spiro atoms. The second kappa shape index (κ2) is 7.40. The smallest absolute Gasteiger partial charge is 0.123 e. The minimum Gasteiger partial charge on any atom is -0.497 e. The molecule has 0 aliphatic heterocycles. The van der Waals surface area contributed by atoms with Gasteiger partial charge in [0.25, 0.3) is 0 Å². The Morgan fingerprint density at radius 2 is 1.17 bits per heavy atom. The summed E-state index contributed by atoms with van der Waals surface area (Å²) in [5.74, 6) is 2.08. The number of nitriles is 1. The molecule has 3 nitrogen and oxygen atoms in total. The van der Waals surface area contributed by atoms with Gasteiger partial charge in [-0.25, -0.2) is 0 Å². The molecule has 2 aromatic carbocycles. The molecule has 2 aromatic rings. The van der Waals surface area contributed by atoms with Crippen LogP contribution in [0.2, 0.25) is 0 Å². The van der Waals surface area contributed by atoms with Crippen molar-refractivity contribution in [1.82, 2.24) is 0 Å². The van der Waals surface area contributed by atoms with Crippen molar-refractivity contribution >= 4 is 0 Å². The van der Waals surface area contributed by atoms with Gasteiger partial charge < -0.3 is 9.47 Å². The van der Waals surface area contributed by atoms with Crippen molar-refractivity contribution < 1.29 is 9.47 Å². The average molecular weight is 323 g/mol. The number of hydrogen-bond donors (Lipinski definition) is 0. The van der Waals surface area contributed by atoms with Crippen LogP contribution in [0.4, 0.5) is 0 Å². The largest absolute Gasteiger partial charge is 0.497 e. The minimum absolute atomic E-state index is 0.282. The van der Waals surface area contributed by atoms with Crippen LogP contribution in [0.3, 0.4) is 0 Å². The van der Waals surface area contributed by atoms with Crippen LogP contribution < -0.4 is 9.47 Å². The zero-order valence-electron chi connectivity index (χ0n) is 15.3. The molecule has 126 valence electrons. The maximum Gasteiger partial charge on any atom is 0.123 e. The number of ether oxygens (including phenoxy) is 2. The number of methoxy groups -OCH3 is 2. The quantitative estimate of drug-likeness (QED) is 0.730. The van der Waals surface area contributed by atoms with E-state index in [1.165, 1.54) is 0 Å². The van der Waals surface area contributed by atoms with E-state index in [4.69, 9.17) is 9.47 Å². The highest BCUT2D eigenvalue weighted by Gasteiger charge is 2.17. The highest BCUT2D eigenvalue weighted by atomic mass is 16.5. The molecule has 24 heavy (non-hydrogen) atoms. The summed E-state index contributed by atoms with van der Waals surface area (Å²) in [7, 11) is 3.30. The summed E-state index contributed by atoms with van der Waals surface area (Å²) < 4.78 is 10.8. The number of benzene rings is 2. The van der Waals surface area contributed by atoms with Crippen LogP contribution in [0.25, 0.3) is 11.1 Å². The Balaban J connectivity index is 2.74. The molecule has 0 fully saturated rings. The lowest BCUT2D eigenvalue weighted by molar-refractivity contribution is 0.394. The topological polar surface area (TPSA) is 42.2 Å². The number of nitrogens with zero attached hydrogens (tertiary/aromatic N) is 1. The second-order valence-corrected chi connectivity index (χ2v) is 6.55. The minimum atomic E-state index is 0.282. The lowest BCUT2D eigenvalue weighted by Gasteiger charge is -2.18. The van der Waals surface area contributed by atoms with Crippen molar-refractivity contribution in [2.45, 2.75) is 39.5 Å². The van der Waals surface area contributed by atoms with E-state index in [1.807, 2.05) is 18.2 Å². The first-order chi connectivity index (χ1) is 11.4. The fourth-order valence-electron chi connectivity index (χ4n) is 2.87. The zero-order chi connectivity index (χ0) is 17.9. The van der Waals surface area contributed by atoms with Gasteiger partial charge in [0.1, 0.15) is 11.5 Å². The summed E-state index contributed by atoms with van der Waals surface area (Å²) in [6, 6.07) is 12.5. The van der Waals surface area contributed by atoms with E-state index in [2.05, 4.69) is 45.9 Å². The van der Waals surface area contributed by atoms with Crippen molar-refractivity contribution in [1.29, 1.82) is 5.26 Å². The molecular weight excluding hydrogens is 298 g/mol. The van der Waals surface area contributed by atoms with Gasteiger partial charge in [0.05, 0.1) is 25.9 Å². The lowest BCUT2D eigenvalue weighted by atomic mass is 9.86. The van der Waals surface area contributed by atoms with Crippen LogP contribution in [0.1, 0.15) is 56.2 Å². The van der Waals surface area contributed by atoms with E-state index in [0.717, 1.165) is 39.3 Å². The summed E-state index contributed by atoms with van der Waals surface area (Å²) in [6.45, 7) is 8.48. The average Bonchev–Trinajstić information content (AvgIpc) is 2.59. The molecule has 0 saturated heterocycles. The predicted molar refractivity (Wildman–Crippen MR) is 97.9 cm³/mol. The van der Waals surface area contributed by atoms with Crippen LogP contribution in [-0.2, 0) is 0 Å². The fraction of sp³-hybridized carbons (Fsp3) is 0.381. The maximum absolute atomic E-state index is 9.63. The number of rotatable bonds is 5. The highest BCUT2D eigenvalue weighted by molar-refractivity contribution is 5.71. The van der Waals surface area contributed by atoms with Crippen LogP contribution >= 0.6 is 0 Å². The molecule has 0 aromatic heterocycles. The summed E-state index contributed by atoms with van der Waals surface area (Å²) in [4.78, 5) is 0. The van der Waals surface area contributed by atoms with E-state index >= 15 is 0 Å². The van der Waals surface area contributed by atoms with Gasteiger partial charge in [0, 0.05) is 6.07 Å². The van der Waals surface area contributed by atoms with Gasteiger partial charge in [-0.2, -0.15) is 5.26 Å². The standard InChI is InChI=1S/C21H25NO2/c1-13(2)19-9-16(10-20(14(3)4)21(19)12-22)15-7-17(23-5)11-18(8-15)24-6/h7-11,13-14H,1-6H3. The van der Waals surface area contributed by atoms with Gasteiger partial charge in [0.2, 0.25) is 0 Å². The second-order valence-electron chi connectivity index (χ2n) is 6.55. The van der Waals surface area contributed by atoms with Crippen LogP contribution in [0.5, 0.6) is 11.5 Å². The van der Waals surface area contributed by atoms with E-state index in [-0.39, 0.29) is 11.8 Å². The van der Waals surface area contributed by atoms with E-state index in [1.54, 1.807) is 14.2 Å². The molecule has 3 heteroatoms. The Kier molecular flexibility index (Phi) is 5.51. The van der Waals surface area contributed by atoms with Crippen molar-refractivity contribution in [3.8, 4) is 28.7 Å². The normalized spacial score (nSPS) is 10.8. The van der Waals surface area contributed by atoms with Gasteiger partial charge in [-0.3, -0.25) is 0 Å². The van der Waals surface area contributed by atoms with Gasteiger partial charge in [-0.05, 0) is 58.4 Å². The third-order valence-corrected chi connectivity index (χ3v) is 4.24. The molecule has 0 unspecified atom stereocenters. The van der Waals surface area contributed by atoms with Gasteiger partial charge in [-0.15, -0.1) is 0 Å². The molecule has 0 heterocycles. The third kappa shape index (κ3) is 3.54. The van der Waals surface area contributed by atoms with Crippen LogP contribution in [-0.4, -0.2) is 14.2 Å². The maximum atomic E-state index is 9.63. The summed E-state index contributed by atoms with van der Waals surface area (Å²) in [6.07, 6.45) is 0. The lowest BCUT2D eigenvalue weighted by Crippen LogP contribution is -2.02. The molecule has 2 rings (SSSR count). The third-order valence-electron chi connectivity index (χ3n) is 4.24. The first kappa shape index (κ1) is 17.9. The predicted octanol–water partition coefficient (Wildman–Crippen LogP) is 5.49. The monoisotopic (exact) mass is 323 g/mol. The van der Waals surface area contributed by atoms with Crippen molar-refractivity contribution in [3.05, 3.63) is 47.0 Å². The van der Waals surface area contributed by atoms with Gasteiger partial charge in [0.15, 0.2) is 0 Å². The molecule has 0 radical (unpaired) electrons. The fourth-order valence-corrected chi connectivity index (χ4v) is 2.87. The molecule has 0 saturated carbocycles. The molecule has 0 aliphatic carbocycles. The first-order valence-electron chi connectivity index (χ1n) is 8.22. The molecule has 0 aliphatic rings. The summed E-state index contributed by atoms with van der Waals surface area (Å²) in [5.41, 5.74) is 5.08. The van der Waals surface area contributed by atoms with Gasteiger partial charge in [-0.1, -0.05) is 27.7 Å².